The van der Waals surface area contributed by atoms with Crippen LogP contribution in [0.5, 0.6) is 40.2 Å². The quantitative estimate of drug-likeness (QED) is 0.107. The van der Waals surface area contributed by atoms with Gasteiger partial charge in [0.2, 0.25) is 19.7 Å². The summed E-state index contributed by atoms with van der Waals surface area (Å²) < 4.78 is 76.2. The summed E-state index contributed by atoms with van der Waals surface area (Å²) in [7, 11) is -5.76. The monoisotopic (exact) mass is 844 g/mol. The Morgan fingerprint density at radius 1 is 0.328 bits per heavy atom. The molecule has 61 heavy (non-hydrogen) atoms. The number of ether oxygens (including phenoxy) is 4. The van der Waals surface area contributed by atoms with Gasteiger partial charge in [-0.25, -0.2) is 16.8 Å². The molecule has 304 valence electrons. The highest BCUT2D eigenvalue weighted by molar-refractivity contribution is 7.91. The fraction of sp³-hybridized carbons (Fsp3) is 0.0588. The molecule has 0 saturated carbocycles. The SMILES string of the molecule is COc1ccc(Cc2ccc(Oc3ccc(S(=O)(=O)c4ccc(Oc5ccc(-c6ccc(Oc7ccc(S(=O)(=O)c8ccc(C)cc8)cc7)cc6)cc5)cc4)cc3)cc2)cc1. The van der Waals surface area contributed by atoms with Crippen molar-refractivity contribution in [3.63, 3.8) is 0 Å². The smallest absolute Gasteiger partial charge is 0.206 e. The molecule has 0 aliphatic rings. The molecule has 0 unspecified atom stereocenters. The highest BCUT2D eigenvalue weighted by Crippen LogP contribution is 2.32. The van der Waals surface area contributed by atoms with Crippen LogP contribution in [0.3, 0.4) is 0 Å². The molecule has 0 N–H and O–H groups in total. The first-order chi connectivity index (χ1) is 29.5. The third kappa shape index (κ3) is 9.68. The Hall–Kier alpha value is -7.14. The maximum atomic E-state index is 13.5. The fourth-order valence-electron chi connectivity index (χ4n) is 6.54. The summed E-state index contributed by atoms with van der Waals surface area (Å²) in [6.45, 7) is 1.91. The van der Waals surface area contributed by atoms with Crippen LogP contribution in [0.2, 0.25) is 0 Å². The molecular formula is C51H40O8S2. The van der Waals surface area contributed by atoms with Crippen molar-refractivity contribution in [1.82, 2.24) is 0 Å². The lowest BCUT2D eigenvalue weighted by Crippen LogP contribution is -2.01. The van der Waals surface area contributed by atoms with Gasteiger partial charge in [0.05, 0.1) is 26.7 Å². The Balaban J connectivity index is 0.834. The first-order valence-electron chi connectivity index (χ1n) is 19.3. The minimum absolute atomic E-state index is 0.145. The topological polar surface area (TPSA) is 105 Å². The van der Waals surface area contributed by atoms with Crippen molar-refractivity contribution in [1.29, 1.82) is 0 Å². The number of rotatable bonds is 14. The van der Waals surface area contributed by atoms with Gasteiger partial charge in [0.15, 0.2) is 0 Å². The number of hydrogen-bond acceptors (Lipinski definition) is 8. The van der Waals surface area contributed by atoms with Gasteiger partial charge in [-0.1, -0.05) is 66.2 Å². The van der Waals surface area contributed by atoms with E-state index in [-0.39, 0.29) is 19.6 Å². The van der Waals surface area contributed by atoms with Crippen LogP contribution in [0.4, 0.5) is 0 Å². The zero-order chi connectivity index (χ0) is 42.4. The molecule has 0 amide bonds. The third-order valence-corrected chi connectivity index (χ3v) is 13.5. The van der Waals surface area contributed by atoms with Crippen LogP contribution in [0, 0.1) is 6.92 Å². The van der Waals surface area contributed by atoms with Crippen LogP contribution in [-0.4, -0.2) is 23.9 Å². The molecule has 0 spiro atoms. The average molecular weight is 845 g/mol. The van der Waals surface area contributed by atoms with E-state index >= 15 is 0 Å². The van der Waals surface area contributed by atoms with Crippen LogP contribution < -0.4 is 18.9 Å². The van der Waals surface area contributed by atoms with Gasteiger partial charge in [0.1, 0.15) is 40.2 Å². The number of sulfone groups is 2. The standard InChI is InChI=1S/C51H40O8S2/c1-36-3-27-48(28-4-36)60(52,53)49-29-23-46(24-30-49)58-43-17-9-39(10-18-43)40-11-19-44(20-12-40)59-47-25-33-51(34-26-47)61(54,55)50-31-21-45(22-32-50)57-42-15-7-38(8-16-42)35-37-5-13-41(56-2)14-6-37/h3-34H,35H2,1-2H3. The summed E-state index contributed by atoms with van der Waals surface area (Å²) in [6.07, 6.45) is 0.778. The van der Waals surface area contributed by atoms with Crippen molar-refractivity contribution >= 4 is 19.7 Å². The zero-order valence-electron chi connectivity index (χ0n) is 33.3. The predicted octanol–water partition coefficient (Wildman–Crippen LogP) is 12.3. The summed E-state index contributed by atoms with van der Waals surface area (Å²) in [5.74, 6) is 4.20. The molecule has 0 heterocycles. The molecule has 0 aliphatic carbocycles. The molecule has 0 aliphatic heterocycles. The van der Waals surface area contributed by atoms with E-state index < -0.39 is 19.7 Å². The second-order valence-corrected chi connectivity index (χ2v) is 18.2. The van der Waals surface area contributed by atoms with Crippen LogP contribution in [0.25, 0.3) is 11.1 Å². The van der Waals surface area contributed by atoms with E-state index in [1.807, 2.05) is 104 Å². The second-order valence-electron chi connectivity index (χ2n) is 14.3. The Kier molecular flexibility index (Phi) is 11.7. The van der Waals surface area contributed by atoms with Gasteiger partial charge in [-0.3, -0.25) is 0 Å². The van der Waals surface area contributed by atoms with Crippen molar-refractivity contribution in [3.05, 3.63) is 211 Å². The summed E-state index contributed by atoms with van der Waals surface area (Å²) in [5, 5.41) is 0. The van der Waals surface area contributed by atoms with Crippen molar-refractivity contribution in [2.75, 3.05) is 7.11 Å². The molecule has 0 aromatic heterocycles. The maximum Gasteiger partial charge on any atom is 0.206 e. The molecule has 8 nitrogen and oxygen atoms in total. The fourth-order valence-corrected chi connectivity index (χ4v) is 9.07. The average Bonchev–Trinajstić information content (AvgIpc) is 3.29. The van der Waals surface area contributed by atoms with Crippen LogP contribution in [0.1, 0.15) is 16.7 Å². The van der Waals surface area contributed by atoms with E-state index in [1.165, 1.54) is 29.8 Å². The summed E-state index contributed by atoms with van der Waals surface area (Å²) in [4.78, 5) is 0.739. The zero-order valence-corrected chi connectivity index (χ0v) is 34.9. The summed E-state index contributed by atoms with van der Waals surface area (Å²) in [6, 6.07) is 56.7. The van der Waals surface area contributed by atoms with Gasteiger partial charge in [0, 0.05) is 0 Å². The Morgan fingerprint density at radius 3 is 0.869 bits per heavy atom. The lowest BCUT2D eigenvalue weighted by atomic mass is 10.0. The normalized spacial score (nSPS) is 11.4. The Morgan fingerprint density at radius 2 is 0.574 bits per heavy atom. The minimum atomic E-state index is -3.78. The van der Waals surface area contributed by atoms with E-state index in [0.29, 0.717) is 34.5 Å². The molecule has 0 atom stereocenters. The van der Waals surface area contributed by atoms with Gasteiger partial charge in [-0.05, 0) is 169 Å². The minimum Gasteiger partial charge on any atom is -0.497 e. The van der Waals surface area contributed by atoms with Crippen molar-refractivity contribution in [3.8, 4) is 51.4 Å². The largest absolute Gasteiger partial charge is 0.497 e. The lowest BCUT2D eigenvalue weighted by Gasteiger charge is -2.11. The molecule has 8 aromatic carbocycles. The summed E-state index contributed by atoms with van der Waals surface area (Å²) >= 11 is 0. The molecule has 0 bridgehead atoms. The van der Waals surface area contributed by atoms with E-state index in [2.05, 4.69) is 0 Å². The highest BCUT2D eigenvalue weighted by Gasteiger charge is 2.19. The van der Waals surface area contributed by atoms with Crippen LogP contribution >= 0.6 is 0 Å². The van der Waals surface area contributed by atoms with Gasteiger partial charge < -0.3 is 18.9 Å². The number of benzene rings is 8. The molecule has 0 saturated heterocycles. The van der Waals surface area contributed by atoms with E-state index in [1.54, 1.807) is 79.9 Å². The predicted molar refractivity (Wildman–Crippen MR) is 236 cm³/mol. The molecule has 0 fully saturated rings. The number of aryl methyl sites for hydroxylation is 1. The van der Waals surface area contributed by atoms with Gasteiger partial charge in [-0.15, -0.1) is 0 Å². The first-order valence-corrected chi connectivity index (χ1v) is 22.3. The van der Waals surface area contributed by atoms with Gasteiger partial charge in [-0.2, -0.15) is 0 Å². The number of hydrogen-bond donors (Lipinski definition) is 0. The van der Waals surface area contributed by atoms with Crippen molar-refractivity contribution < 1.29 is 35.8 Å². The summed E-state index contributed by atoms with van der Waals surface area (Å²) in [5.41, 5.74) is 5.22. The molecule has 10 heteroatoms. The van der Waals surface area contributed by atoms with Gasteiger partial charge in [0.25, 0.3) is 0 Å². The molecule has 8 aromatic rings. The molecular weight excluding hydrogens is 805 g/mol. The Bertz CT molecular complexity index is 2950. The van der Waals surface area contributed by atoms with E-state index in [4.69, 9.17) is 18.9 Å². The van der Waals surface area contributed by atoms with E-state index in [0.717, 1.165) is 34.4 Å². The van der Waals surface area contributed by atoms with Crippen molar-refractivity contribution in [2.45, 2.75) is 32.9 Å². The second kappa shape index (κ2) is 17.6. The van der Waals surface area contributed by atoms with Crippen LogP contribution in [0.15, 0.2) is 214 Å². The molecule has 0 radical (unpaired) electrons. The highest BCUT2D eigenvalue weighted by atomic mass is 32.2. The molecule has 8 rings (SSSR count). The maximum absolute atomic E-state index is 13.5. The van der Waals surface area contributed by atoms with Gasteiger partial charge >= 0.3 is 0 Å². The number of methoxy groups -OCH3 is 1. The first kappa shape index (κ1) is 40.6. The third-order valence-electron chi connectivity index (χ3n) is 9.97. The lowest BCUT2D eigenvalue weighted by molar-refractivity contribution is 0.414. The van der Waals surface area contributed by atoms with E-state index in [9.17, 15) is 16.8 Å². The Labute approximate surface area is 356 Å². The van der Waals surface area contributed by atoms with Crippen LogP contribution in [-0.2, 0) is 26.1 Å². The van der Waals surface area contributed by atoms with Crippen molar-refractivity contribution in [2.24, 2.45) is 0 Å².